The molecule has 0 spiro atoms. The van der Waals surface area contributed by atoms with Crippen molar-refractivity contribution in [3.05, 3.63) is 24.3 Å². The molecule has 1 aromatic carbocycles. The quantitative estimate of drug-likeness (QED) is 0.597. The second kappa shape index (κ2) is 5.73. The number of hydrogen-bond acceptors (Lipinski definition) is 4. The molecular formula is C12H13NO2S. The molecule has 0 atom stereocenters. The maximum Gasteiger partial charge on any atom is 0.240 e. The molecule has 16 heavy (non-hydrogen) atoms. The fraction of sp³-hybridized carbons (Fsp3) is 0.417. The number of ether oxygens (including phenoxy) is 1. The van der Waals surface area contributed by atoms with Gasteiger partial charge < -0.3 is 4.74 Å². The molecule has 2 rings (SSSR count). The molecule has 1 aromatic rings. The van der Waals surface area contributed by atoms with Gasteiger partial charge in [-0.1, -0.05) is 0 Å². The van der Waals surface area contributed by atoms with Gasteiger partial charge in [-0.2, -0.15) is 16.8 Å². The van der Waals surface area contributed by atoms with Crippen LogP contribution in [0.4, 0.5) is 5.69 Å². The third-order valence-corrected chi connectivity index (χ3v) is 3.53. The maximum absolute atomic E-state index is 10.1. The average Bonchev–Trinajstić information content (AvgIpc) is 2.33. The van der Waals surface area contributed by atoms with E-state index in [0.717, 1.165) is 18.6 Å². The molecule has 3 nitrogen and oxygen atoms in total. The highest BCUT2D eigenvalue weighted by molar-refractivity contribution is 7.99. The van der Waals surface area contributed by atoms with Gasteiger partial charge in [-0.25, -0.2) is 4.79 Å². The Bertz CT molecular complexity index is 379. The summed E-state index contributed by atoms with van der Waals surface area (Å²) in [5.41, 5.74) is 0.613. The molecule has 4 heteroatoms. The molecule has 84 valence electrons. The van der Waals surface area contributed by atoms with E-state index in [0.29, 0.717) is 11.8 Å². The Morgan fingerprint density at radius 1 is 1.25 bits per heavy atom. The van der Waals surface area contributed by atoms with E-state index < -0.39 is 0 Å². The highest BCUT2D eigenvalue weighted by Crippen LogP contribution is 2.24. The number of isocyanates is 1. The number of thioether (sulfide) groups is 1. The molecule has 1 aliphatic rings. The van der Waals surface area contributed by atoms with E-state index in [9.17, 15) is 4.79 Å². The molecule has 1 fully saturated rings. The summed E-state index contributed by atoms with van der Waals surface area (Å²) in [7, 11) is 0. The van der Waals surface area contributed by atoms with Crippen molar-refractivity contribution in [3.8, 4) is 5.75 Å². The Morgan fingerprint density at radius 3 is 2.56 bits per heavy atom. The van der Waals surface area contributed by atoms with Crippen molar-refractivity contribution in [1.82, 2.24) is 0 Å². The first-order valence-corrected chi connectivity index (χ1v) is 6.46. The van der Waals surface area contributed by atoms with Gasteiger partial charge in [-0.05, 0) is 48.6 Å². The van der Waals surface area contributed by atoms with Gasteiger partial charge in [0.15, 0.2) is 0 Å². The topological polar surface area (TPSA) is 38.7 Å². The summed E-state index contributed by atoms with van der Waals surface area (Å²) in [6, 6.07) is 7.21. The van der Waals surface area contributed by atoms with Crippen molar-refractivity contribution < 1.29 is 9.53 Å². The zero-order chi connectivity index (χ0) is 11.2. The molecule has 0 aromatic heterocycles. The zero-order valence-electron chi connectivity index (χ0n) is 8.89. The van der Waals surface area contributed by atoms with Crippen LogP contribution in [-0.2, 0) is 4.79 Å². The lowest BCUT2D eigenvalue weighted by atomic mass is 10.2. The third-order valence-electron chi connectivity index (χ3n) is 2.48. The smallest absolute Gasteiger partial charge is 0.240 e. The van der Waals surface area contributed by atoms with E-state index in [1.807, 2.05) is 23.9 Å². The van der Waals surface area contributed by atoms with E-state index in [1.54, 1.807) is 12.1 Å². The summed E-state index contributed by atoms with van der Waals surface area (Å²) in [4.78, 5) is 13.6. The molecule has 0 radical (unpaired) electrons. The predicted molar refractivity (Wildman–Crippen MR) is 65.2 cm³/mol. The minimum absolute atomic E-state index is 0.335. The van der Waals surface area contributed by atoms with Crippen molar-refractivity contribution in [2.45, 2.75) is 18.9 Å². The van der Waals surface area contributed by atoms with Gasteiger partial charge in [0, 0.05) is 0 Å². The Hall–Kier alpha value is -1.25. The fourth-order valence-corrected chi connectivity index (χ4v) is 2.70. The second-order valence-corrected chi connectivity index (χ2v) is 4.85. The van der Waals surface area contributed by atoms with Gasteiger partial charge in [0.25, 0.3) is 0 Å². The van der Waals surface area contributed by atoms with E-state index in [4.69, 9.17) is 4.74 Å². The van der Waals surface area contributed by atoms with E-state index >= 15 is 0 Å². The minimum Gasteiger partial charge on any atom is -0.490 e. The lowest BCUT2D eigenvalue weighted by Gasteiger charge is -2.22. The molecule has 0 unspecified atom stereocenters. The van der Waals surface area contributed by atoms with Crippen LogP contribution in [0.2, 0.25) is 0 Å². The van der Waals surface area contributed by atoms with Crippen molar-refractivity contribution in [2.75, 3.05) is 11.5 Å². The zero-order valence-corrected chi connectivity index (χ0v) is 9.70. The number of benzene rings is 1. The molecule has 1 saturated heterocycles. The number of nitrogens with zero attached hydrogens (tertiary/aromatic N) is 1. The number of rotatable bonds is 3. The Morgan fingerprint density at radius 2 is 1.94 bits per heavy atom. The SMILES string of the molecule is O=C=Nc1ccc(OC2CCSCC2)cc1. The van der Waals surface area contributed by atoms with Gasteiger partial charge in [-0.15, -0.1) is 0 Å². The van der Waals surface area contributed by atoms with Crippen LogP contribution in [0, 0.1) is 0 Å². The molecule has 0 aliphatic carbocycles. The standard InChI is InChI=1S/C12H13NO2S/c14-9-13-10-1-3-11(4-2-10)15-12-5-7-16-8-6-12/h1-4,12H,5-8H2. The van der Waals surface area contributed by atoms with Gasteiger partial charge in [-0.3, -0.25) is 0 Å². The first-order chi connectivity index (χ1) is 7.88. The lowest BCUT2D eigenvalue weighted by molar-refractivity contribution is 0.192. The summed E-state index contributed by atoms with van der Waals surface area (Å²) in [6.07, 6.45) is 4.07. The molecule has 1 aliphatic heterocycles. The monoisotopic (exact) mass is 235 g/mol. The van der Waals surface area contributed by atoms with Crippen LogP contribution in [-0.4, -0.2) is 23.7 Å². The molecule has 0 bridgehead atoms. The number of carbonyl (C=O) groups excluding carboxylic acids is 1. The summed E-state index contributed by atoms with van der Waals surface area (Å²) in [5, 5.41) is 0. The van der Waals surface area contributed by atoms with Crippen molar-refractivity contribution in [1.29, 1.82) is 0 Å². The van der Waals surface area contributed by atoms with Gasteiger partial charge >= 0.3 is 0 Å². The first-order valence-electron chi connectivity index (χ1n) is 5.31. The molecule has 0 saturated carbocycles. The molecule has 1 heterocycles. The number of aliphatic imine (C=N–C) groups is 1. The summed E-state index contributed by atoms with van der Waals surface area (Å²) >= 11 is 1.98. The normalized spacial score (nSPS) is 16.5. The fourth-order valence-electron chi connectivity index (χ4n) is 1.64. The van der Waals surface area contributed by atoms with Crippen LogP contribution in [0.3, 0.4) is 0 Å². The van der Waals surface area contributed by atoms with Crippen LogP contribution >= 0.6 is 11.8 Å². The first kappa shape index (κ1) is 11.2. The number of hydrogen-bond donors (Lipinski definition) is 0. The molecule has 0 N–H and O–H groups in total. The van der Waals surface area contributed by atoms with E-state index in [2.05, 4.69) is 4.99 Å². The van der Waals surface area contributed by atoms with Crippen molar-refractivity contribution in [2.24, 2.45) is 4.99 Å². The third kappa shape index (κ3) is 3.12. The Labute approximate surface area is 98.9 Å². The average molecular weight is 235 g/mol. The second-order valence-electron chi connectivity index (χ2n) is 3.63. The molecule has 0 amide bonds. The van der Waals surface area contributed by atoms with Crippen LogP contribution in [0.5, 0.6) is 5.75 Å². The Kier molecular flexibility index (Phi) is 4.03. The highest BCUT2D eigenvalue weighted by atomic mass is 32.2. The van der Waals surface area contributed by atoms with Crippen LogP contribution in [0.1, 0.15) is 12.8 Å². The summed E-state index contributed by atoms with van der Waals surface area (Å²) < 4.78 is 5.83. The summed E-state index contributed by atoms with van der Waals surface area (Å²) in [6.45, 7) is 0. The highest BCUT2D eigenvalue weighted by Gasteiger charge is 2.14. The van der Waals surface area contributed by atoms with Gasteiger partial charge in [0.1, 0.15) is 11.9 Å². The van der Waals surface area contributed by atoms with Crippen LogP contribution < -0.4 is 4.74 Å². The Balaban J connectivity index is 1.96. The largest absolute Gasteiger partial charge is 0.490 e. The van der Waals surface area contributed by atoms with Crippen molar-refractivity contribution >= 4 is 23.5 Å². The summed E-state index contributed by atoms with van der Waals surface area (Å²) in [5.74, 6) is 3.21. The minimum atomic E-state index is 0.335. The lowest BCUT2D eigenvalue weighted by Crippen LogP contribution is -2.21. The molecular weight excluding hydrogens is 222 g/mol. The maximum atomic E-state index is 10.1. The van der Waals surface area contributed by atoms with Crippen molar-refractivity contribution in [3.63, 3.8) is 0 Å². The van der Waals surface area contributed by atoms with Crippen LogP contribution in [0.25, 0.3) is 0 Å². The van der Waals surface area contributed by atoms with Crippen LogP contribution in [0.15, 0.2) is 29.3 Å². The van der Waals surface area contributed by atoms with E-state index in [1.165, 1.54) is 17.6 Å². The van der Waals surface area contributed by atoms with Gasteiger partial charge in [0.05, 0.1) is 5.69 Å². The van der Waals surface area contributed by atoms with E-state index in [-0.39, 0.29) is 0 Å². The predicted octanol–water partition coefficient (Wildman–Crippen LogP) is 2.93. The van der Waals surface area contributed by atoms with Gasteiger partial charge in [0.2, 0.25) is 6.08 Å².